The average molecular weight is 240 g/mol. The molecule has 3 fully saturated rings. The molecule has 3 unspecified atom stereocenters. The van der Waals surface area contributed by atoms with E-state index in [0.29, 0.717) is 19.2 Å². The molecule has 3 rings (SSSR count). The lowest BCUT2D eigenvalue weighted by molar-refractivity contribution is -0.153. The first-order valence-corrected chi connectivity index (χ1v) is 6.96. The second kappa shape index (κ2) is 4.19. The van der Waals surface area contributed by atoms with E-state index in [1.54, 1.807) is 0 Å². The third kappa shape index (κ3) is 1.58. The highest BCUT2D eigenvalue weighted by molar-refractivity contribution is 5.13. The first-order chi connectivity index (χ1) is 8.22. The Morgan fingerprint density at radius 1 is 1.29 bits per heavy atom. The first kappa shape index (κ1) is 11.9. The van der Waals surface area contributed by atoms with E-state index < -0.39 is 5.60 Å². The van der Waals surface area contributed by atoms with Crippen molar-refractivity contribution in [1.82, 2.24) is 4.90 Å². The maximum Gasteiger partial charge on any atom is 0.0904 e. The van der Waals surface area contributed by atoms with Crippen LogP contribution in [0.3, 0.4) is 0 Å². The Labute approximate surface area is 103 Å². The molecular formula is C13H24N2O2. The van der Waals surface area contributed by atoms with E-state index >= 15 is 0 Å². The molecule has 0 aliphatic carbocycles. The van der Waals surface area contributed by atoms with Crippen molar-refractivity contribution in [1.29, 1.82) is 0 Å². The predicted octanol–water partition coefficient (Wildman–Crippen LogP) is 0.341. The van der Waals surface area contributed by atoms with Crippen LogP contribution in [0.5, 0.6) is 0 Å². The molecule has 3 heterocycles. The number of nitrogens with zero attached hydrogens (tertiary/aromatic N) is 1. The van der Waals surface area contributed by atoms with Crippen molar-refractivity contribution in [2.45, 2.75) is 43.7 Å². The molecule has 0 spiro atoms. The predicted molar refractivity (Wildman–Crippen MR) is 65.7 cm³/mol. The highest BCUT2D eigenvalue weighted by Crippen LogP contribution is 2.49. The average Bonchev–Trinajstić information content (AvgIpc) is 2.95. The highest BCUT2D eigenvalue weighted by atomic mass is 16.5. The summed E-state index contributed by atoms with van der Waals surface area (Å²) >= 11 is 0. The molecule has 3 saturated heterocycles. The Kier molecular flexibility index (Phi) is 2.94. The lowest BCUT2D eigenvalue weighted by Crippen LogP contribution is -2.61. The maximum absolute atomic E-state index is 11.2. The minimum atomic E-state index is -0.612. The van der Waals surface area contributed by atoms with Crippen molar-refractivity contribution in [3.05, 3.63) is 0 Å². The van der Waals surface area contributed by atoms with Crippen LogP contribution in [0.15, 0.2) is 0 Å². The monoisotopic (exact) mass is 240 g/mol. The van der Waals surface area contributed by atoms with Crippen molar-refractivity contribution < 1.29 is 9.84 Å². The molecule has 3 aliphatic heterocycles. The van der Waals surface area contributed by atoms with Crippen LogP contribution in [0.25, 0.3) is 0 Å². The Morgan fingerprint density at radius 3 is 2.88 bits per heavy atom. The molecule has 98 valence electrons. The van der Waals surface area contributed by atoms with Crippen molar-refractivity contribution in [3.8, 4) is 0 Å². The van der Waals surface area contributed by atoms with Crippen LogP contribution in [0.4, 0.5) is 0 Å². The number of nitrogens with two attached hydrogens (primary N) is 1. The Balaban J connectivity index is 1.89. The van der Waals surface area contributed by atoms with E-state index in [1.165, 1.54) is 6.42 Å². The molecule has 0 aromatic heterocycles. The van der Waals surface area contributed by atoms with Gasteiger partial charge in [0.2, 0.25) is 0 Å². The third-order valence-corrected chi connectivity index (χ3v) is 5.33. The van der Waals surface area contributed by atoms with Gasteiger partial charge in [-0.15, -0.1) is 0 Å². The van der Waals surface area contributed by atoms with Crippen LogP contribution >= 0.6 is 0 Å². The summed E-state index contributed by atoms with van der Waals surface area (Å²) < 4.78 is 5.64. The Hall–Kier alpha value is -0.160. The van der Waals surface area contributed by atoms with Gasteiger partial charge in [0.25, 0.3) is 0 Å². The zero-order valence-corrected chi connectivity index (χ0v) is 10.5. The SMILES string of the molecule is NCC1(C2(O)CCN3CCCC32)CCCOC1. The van der Waals surface area contributed by atoms with E-state index in [1.807, 2.05) is 0 Å². The first-order valence-electron chi connectivity index (χ1n) is 6.96. The molecule has 17 heavy (non-hydrogen) atoms. The summed E-state index contributed by atoms with van der Waals surface area (Å²) in [5.41, 5.74) is 5.22. The van der Waals surface area contributed by atoms with Gasteiger partial charge in [0.1, 0.15) is 0 Å². The smallest absolute Gasteiger partial charge is 0.0904 e. The van der Waals surface area contributed by atoms with Crippen LogP contribution in [0, 0.1) is 5.41 Å². The van der Waals surface area contributed by atoms with Gasteiger partial charge in [-0.2, -0.15) is 0 Å². The Morgan fingerprint density at radius 2 is 2.18 bits per heavy atom. The van der Waals surface area contributed by atoms with E-state index in [-0.39, 0.29) is 5.41 Å². The van der Waals surface area contributed by atoms with Gasteiger partial charge in [0.05, 0.1) is 12.2 Å². The normalized spacial score (nSPS) is 47.3. The van der Waals surface area contributed by atoms with Crippen molar-refractivity contribution >= 4 is 0 Å². The molecule has 4 heteroatoms. The van der Waals surface area contributed by atoms with Gasteiger partial charge < -0.3 is 15.6 Å². The molecule has 0 bridgehead atoms. The quantitative estimate of drug-likeness (QED) is 0.731. The fraction of sp³-hybridized carbons (Fsp3) is 1.00. The van der Waals surface area contributed by atoms with E-state index in [9.17, 15) is 5.11 Å². The summed E-state index contributed by atoms with van der Waals surface area (Å²) in [7, 11) is 0. The van der Waals surface area contributed by atoms with Crippen LogP contribution < -0.4 is 5.73 Å². The number of ether oxygens (including phenoxy) is 1. The van der Waals surface area contributed by atoms with Gasteiger partial charge in [0, 0.05) is 31.2 Å². The van der Waals surface area contributed by atoms with E-state index in [0.717, 1.165) is 45.4 Å². The summed E-state index contributed by atoms with van der Waals surface area (Å²) in [6.07, 6.45) is 5.27. The standard InChI is InChI=1S/C13H24N2O2/c14-9-12(4-2-8-17-10-12)13(16)5-7-15-6-1-3-11(13)15/h11,16H,1-10,14H2. The van der Waals surface area contributed by atoms with E-state index in [2.05, 4.69) is 4.90 Å². The summed E-state index contributed by atoms with van der Waals surface area (Å²) in [5.74, 6) is 0. The molecular weight excluding hydrogens is 216 g/mol. The summed E-state index contributed by atoms with van der Waals surface area (Å²) in [6.45, 7) is 4.20. The molecule has 4 nitrogen and oxygen atoms in total. The highest BCUT2D eigenvalue weighted by Gasteiger charge is 2.59. The third-order valence-electron chi connectivity index (χ3n) is 5.33. The minimum absolute atomic E-state index is 0.199. The minimum Gasteiger partial charge on any atom is -0.387 e. The van der Waals surface area contributed by atoms with Crippen molar-refractivity contribution in [2.24, 2.45) is 11.1 Å². The summed E-state index contributed by atoms with van der Waals surface area (Å²) in [6, 6.07) is 0.327. The van der Waals surface area contributed by atoms with Crippen molar-refractivity contribution in [2.75, 3.05) is 32.8 Å². The molecule has 0 aromatic rings. The second-order valence-electron chi connectivity index (χ2n) is 6.01. The second-order valence-corrected chi connectivity index (χ2v) is 6.01. The number of hydrogen-bond acceptors (Lipinski definition) is 4. The molecule has 3 N–H and O–H groups in total. The lowest BCUT2D eigenvalue weighted by Gasteiger charge is -2.49. The number of hydrogen-bond donors (Lipinski definition) is 2. The van der Waals surface area contributed by atoms with Crippen molar-refractivity contribution in [3.63, 3.8) is 0 Å². The van der Waals surface area contributed by atoms with Crippen LogP contribution in [0.1, 0.15) is 32.1 Å². The molecule has 0 amide bonds. The molecule has 3 aliphatic rings. The fourth-order valence-corrected chi connectivity index (χ4v) is 4.27. The molecule has 0 saturated carbocycles. The fourth-order valence-electron chi connectivity index (χ4n) is 4.27. The maximum atomic E-state index is 11.2. The number of aliphatic hydroxyl groups is 1. The number of fused-ring (bicyclic) bond motifs is 1. The zero-order valence-electron chi connectivity index (χ0n) is 10.5. The molecule has 0 aromatic carbocycles. The van der Waals surface area contributed by atoms with Gasteiger partial charge in [-0.1, -0.05) is 0 Å². The lowest BCUT2D eigenvalue weighted by atomic mass is 9.64. The van der Waals surface area contributed by atoms with Crippen LogP contribution in [-0.4, -0.2) is 54.5 Å². The van der Waals surface area contributed by atoms with E-state index in [4.69, 9.17) is 10.5 Å². The van der Waals surface area contributed by atoms with Gasteiger partial charge in [-0.05, 0) is 38.6 Å². The topological polar surface area (TPSA) is 58.7 Å². The molecule has 3 atom stereocenters. The Bertz CT molecular complexity index is 291. The van der Waals surface area contributed by atoms with Gasteiger partial charge in [-0.3, -0.25) is 4.90 Å². The van der Waals surface area contributed by atoms with Gasteiger partial charge in [-0.25, -0.2) is 0 Å². The van der Waals surface area contributed by atoms with Crippen LogP contribution in [-0.2, 0) is 4.74 Å². The summed E-state index contributed by atoms with van der Waals surface area (Å²) in [5, 5.41) is 11.2. The zero-order chi connectivity index (χ0) is 11.9. The van der Waals surface area contributed by atoms with Gasteiger partial charge in [0.15, 0.2) is 0 Å². The van der Waals surface area contributed by atoms with Gasteiger partial charge >= 0.3 is 0 Å². The molecule has 0 radical (unpaired) electrons. The van der Waals surface area contributed by atoms with Crippen LogP contribution in [0.2, 0.25) is 0 Å². The largest absolute Gasteiger partial charge is 0.387 e. The number of rotatable bonds is 2. The summed E-state index contributed by atoms with van der Waals surface area (Å²) in [4.78, 5) is 2.45.